The Labute approximate surface area is 99.0 Å². The zero-order valence-corrected chi connectivity index (χ0v) is 9.56. The van der Waals surface area contributed by atoms with Crippen molar-refractivity contribution < 1.29 is 4.79 Å². The molecule has 0 spiro atoms. The van der Waals surface area contributed by atoms with E-state index in [-0.39, 0.29) is 18.0 Å². The Morgan fingerprint density at radius 1 is 1.65 bits per heavy atom. The molecule has 5 nitrogen and oxygen atoms in total. The van der Waals surface area contributed by atoms with Crippen LogP contribution in [0.2, 0.25) is 0 Å². The Kier molecular flexibility index (Phi) is 4.23. The Bertz CT molecular complexity index is 538. The van der Waals surface area contributed by atoms with E-state index in [1.165, 1.54) is 10.6 Å². The average molecular weight is 231 g/mol. The summed E-state index contributed by atoms with van der Waals surface area (Å²) in [5, 5.41) is 11.3. The third-order valence-electron chi connectivity index (χ3n) is 2.26. The summed E-state index contributed by atoms with van der Waals surface area (Å²) in [5.74, 6) is -0.287. The van der Waals surface area contributed by atoms with Crippen LogP contribution in [0.25, 0.3) is 0 Å². The molecule has 0 saturated carbocycles. The fraction of sp³-hybridized carbons (Fsp3) is 0.250. The number of carbonyl (C=O) groups is 1. The van der Waals surface area contributed by atoms with Crippen molar-refractivity contribution in [3.05, 3.63) is 46.4 Å². The number of rotatable bonds is 4. The van der Waals surface area contributed by atoms with Crippen LogP contribution in [0.5, 0.6) is 0 Å². The van der Waals surface area contributed by atoms with Crippen molar-refractivity contribution in [3.8, 4) is 6.07 Å². The smallest absolute Gasteiger partial charge is 0.269 e. The summed E-state index contributed by atoms with van der Waals surface area (Å²) in [6.45, 7) is 5.45. The van der Waals surface area contributed by atoms with Crippen molar-refractivity contribution in [1.82, 2.24) is 9.88 Å². The summed E-state index contributed by atoms with van der Waals surface area (Å²) in [7, 11) is 0. The van der Waals surface area contributed by atoms with E-state index in [0.29, 0.717) is 12.2 Å². The van der Waals surface area contributed by atoms with Gasteiger partial charge >= 0.3 is 0 Å². The molecule has 5 heteroatoms. The molecule has 0 atom stereocenters. The number of amides is 1. The maximum Gasteiger partial charge on any atom is 0.269 e. The normalized spacial score (nSPS) is 9.41. The lowest BCUT2D eigenvalue weighted by Gasteiger charge is -2.09. The fourth-order valence-electron chi connectivity index (χ4n) is 1.34. The number of hydrogen-bond acceptors (Lipinski definition) is 3. The van der Waals surface area contributed by atoms with Crippen molar-refractivity contribution in [2.45, 2.75) is 13.5 Å². The van der Waals surface area contributed by atoms with Crippen molar-refractivity contribution in [3.63, 3.8) is 0 Å². The van der Waals surface area contributed by atoms with E-state index in [0.717, 1.165) is 0 Å². The molecular weight excluding hydrogens is 218 g/mol. The summed E-state index contributed by atoms with van der Waals surface area (Å²) in [6.07, 6.45) is 1.55. The molecule has 88 valence electrons. The summed E-state index contributed by atoms with van der Waals surface area (Å²) in [6, 6.07) is 4.89. The first-order valence-corrected chi connectivity index (χ1v) is 5.08. The predicted octanol–water partition coefficient (Wildman–Crippen LogP) is 0.331. The number of aryl methyl sites for hydroxylation is 1. The van der Waals surface area contributed by atoms with E-state index in [1.807, 2.05) is 0 Å². The van der Waals surface area contributed by atoms with Crippen LogP contribution in [0.3, 0.4) is 0 Å². The number of nitrogens with zero attached hydrogens (tertiary/aromatic N) is 2. The largest absolute Gasteiger partial charge is 0.351 e. The molecule has 0 saturated heterocycles. The Hall–Kier alpha value is -2.35. The van der Waals surface area contributed by atoms with Crippen molar-refractivity contribution in [2.75, 3.05) is 6.54 Å². The Morgan fingerprint density at radius 3 is 2.94 bits per heavy atom. The molecule has 0 fully saturated rings. The molecule has 0 aliphatic carbocycles. The van der Waals surface area contributed by atoms with E-state index in [9.17, 15) is 9.59 Å². The Morgan fingerprint density at radius 2 is 2.35 bits per heavy atom. The van der Waals surface area contributed by atoms with Gasteiger partial charge in [-0.05, 0) is 19.1 Å². The molecule has 1 amide bonds. The molecular formula is C12H13N3O2. The lowest BCUT2D eigenvalue weighted by atomic mass is 10.2. The quantitative estimate of drug-likeness (QED) is 0.759. The minimum Gasteiger partial charge on any atom is -0.351 e. The molecule has 1 aromatic heterocycles. The summed E-state index contributed by atoms with van der Waals surface area (Å²) in [5.41, 5.74) is 0.233. The van der Waals surface area contributed by atoms with Gasteiger partial charge in [-0.15, -0.1) is 6.58 Å². The van der Waals surface area contributed by atoms with E-state index in [1.54, 1.807) is 25.1 Å². The SMILES string of the molecule is C=CCNC(=O)Cn1c(C)ccc(C#N)c1=O. The van der Waals surface area contributed by atoms with Gasteiger partial charge in [0.2, 0.25) is 5.91 Å². The maximum absolute atomic E-state index is 11.8. The lowest BCUT2D eigenvalue weighted by Crippen LogP contribution is -2.34. The third-order valence-corrected chi connectivity index (χ3v) is 2.26. The fourth-order valence-corrected chi connectivity index (χ4v) is 1.34. The number of hydrogen-bond donors (Lipinski definition) is 1. The minimum absolute atomic E-state index is 0.0344. The Balaban J connectivity index is 2.99. The van der Waals surface area contributed by atoms with E-state index in [4.69, 9.17) is 5.26 Å². The molecule has 1 heterocycles. The van der Waals surface area contributed by atoms with Crippen molar-refractivity contribution in [2.24, 2.45) is 0 Å². The summed E-state index contributed by atoms with van der Waals surface area (Å²) < 4.78 is 1.27. The lowest BCUT2D eigenvalue weighted by molar-refractivity contribution is -0.121. The van der Waals surface area contributed by atoms with Gasteiger partial charge < -0.3 is 9.88 Å². The molecule has 0 unspecified atom stereocenters. The average Bonchev–Trinajstić information content (AvgIpc) is 2.32. The van der Waals surface area contributed by atoms with Gasteiger partial charge in [-0.2, -0.15) is 5.26 Å². The van der Waals surface area contributed by atoms with Crippen LogP contribution in [0.1, 0.15) is 11.3 Å². The van der Waals surface area contributed by atoms with Crippen LogP contribution in [0.4, 0.5) is 0 Å². The molecule has 0 aliphatic rings. The third kappa shape index (κ3) is 3.05. The second-order valence-electron chi connectivity index (χ2n) is 3.48. The standard InChI is InChI=1S/C12H13N3O2/c1-3-6-14-11(16)8-15-9(2)4-5-10(7-13)12(15)17/h3-5H,1,6,8H2,2H3,(H,14,16). The van der Waals surface area contributed by atoms with Crippen LogP contribution in [-0.2, 0) is 11.3 Å². The maximum atomic E-state index is 11.8. The number of pyridine rings is 1. The first kappa shape index (κ1) is 12.7. The zero-order valence-electron chi connectivity index (χ0n) is 9.56. The van der Waals surface area contributed by atoms with Gasteiger partial charge in [-0.25, -0.2) is 0 Å². The van der Waals surface area contributed by atoms with Crippen LogP contribution < -0.4 is 10.9 Å². The van der Waals surface area contributed by atoms with E-state index >= 15 is 0 Å². The molecule has 0 aliphatic heterocycles. The van der Waals surface area contributed by atoms with Gasteiger partial charge in [-0.1, -0.05) is 6.08 Å². The monoisotopic (exact) mass is 231 g/mol. The van der Waals surface area contributed by atoms with Gasteiger partial charge in [0.15, 0.2) is 0 Å². The van der Waals surface area contributed by atoms with Gasteiger partial charge in [0, 0.05) is 12.2 Å². The summed E-state index contributed by atoms with van der Waals surface area (Å²) in [4.78, 5) is 23.2. The molecule has 0 bridgehead atoms. The van der Waals surface area contributed by atoms with Gasteiger partial charge in [0.1, 0.15) is 18.2 Å². The number of nitrogens with one attached hydrogen (secondary N) is 1. The van der Waals surface area contributed by atoms with E-state index < -0.39 is 5.56 Å². The number of carbonyl (C=O) groups excluding carboxylic acids is 1. The number of nitriles is 1. The predicted molar refractivity (Wildman–Crippen MR) is 63.4 cm³/mol. The van der Waals surface area contributed by atoms with Crippen molar-refractivity contribution in [1.29, 1.82) is 5.26 Å². The summed E-state index contributed by atoms with van der Waals surface area (Å²) >= 11 is 0. The highest BCUT2D eigenvalue weighted by Gasteiger charge is 2.09. The second-order valence-corrected chi connectivity index (χ2v) is 3.48. The molecule has 17 heavy (non-hydrogen) atoms. The van der Waals surface area contributed by atoms with Gasteiger partial charge in [0.25, 0.3) is 5.56 Å². The first-order chi connectivity index (χ1) is 8.10. The van der Waals surface area contributed by atoms with Crippen LogP contribution >= 0.6 is 0 Å². The van der Waals surface area contributed by atoms with E-state index in [2.05, 4.69) is 11.9 Å². The highest BCUT2D eigenvalue weighted by Crippen LogP contribution is 1.97. The molecule has 0 aromatic carbocycles. The molecule has 1 rings (SSSR count). The van der Waals surface area contributed by atoms with Crippen molar-refractivity contribution >= 4 is 5.91 Å². The second kappa shape index (κ2) is 5.66. The van der Waals surface area contributed by atoms with Crippen LogP contribution in [-0.4, -0.2) is 17.0 Å². The zero-order chi connectivity index (χ0) is 12.8. The number of aromatic nitrogens is 1. The minimum atomic E-state index is -0.443. The first-order valence-electron chi connectivity index (χ1n) is 5.08. The molecule has 0 radical (unpaired) electrons. The van der Waals surface area contributed by atoms with Gasteiger partial charge in [-0.3, -0.25) is 9.59 Å². The van der Waals surface area contributed by atoms with Crippen LogP contribution in [0.15, 0.2) is 29.6 Å². The van der Waals surface area contributed by atoms with Gasteiger partial charge in [0.05, 0.1) is 0 Å². The topological polar surface area (TPSA) is 74.9 Å². The molecule has 1 aromatic rings. The van der Waals surface area contributed by atoms with Crippen LogP contribution in [0, 0.1) is 18.3 Å². The molecule has 1 N–H and O–H groups in total. The highest BCUT2D eigenvalue weighted by atomic mass is 16.2. The highest BCUT2D eigenvalue weighted by molar-refractivity contribution is 5.75.